The third kappa shape index (κ3) is 3.20. The Morgan fingerprint density at radius 3 is 3.00 bits per heavy atom. The van der Waals surface area contributed by atoms with Crippen molar-refractivity contribution < 1.29 is 0 Å². The van der Waals surface area contributed by atoms with Gasteiger partial charge in [-0.05, 0) is 35.4 Å². The maximum atomic E-state index is 4.61. The van der Waals surface area contributed by atoms with Crippen molar-refractivity contribution in [3.8, 4) is 0 Å². The Hall–Kier alpha value is -1.82. The first-order valence-corrected chi connectivity index (χ1v) is 8.98. The standard InChI is InChI=1S/C19H19BrN4/c20-17-9-14-3-2-6-23-19(14)16(10-17)13-24-8-7-22-12-18(24)15-4-1-5-21-11-15/h1-6,9-11,18,22H,7-8,12-13H2. The van der Waals surface area contributed by atoms with Gasteiger partial charge in [-0.1, -0.05) is 28.1 Å². The zero-order valence-corrected chi connectivity index (χ0v) is 14.9. The first-order valence-electron chi connectivity index (χ1n) is 8.19. The second-order valence-electron chi connectivity index (χ2n) is 6.12. The maximum Gasteiger partial charge on any atom is 0.0747 e. The number of nitrogens with zero attached hydrogens (tertiary/aromatic N) is 3. The number of hydrogen-bond acceptors (Lipinski definition) is 4. The molecule has 1 aliphatic rings. The summed E-state index contributed by atoms with van der Waals surface area (Å²) in [6, 6.07) is 12.9. The Labute approximate surface area is 150 Å². The third-order valence-electron chi connectivity index (χ3n) is 4.55. The van der Waals surface area contributed by atoms with E-state index in [1.54, 1.807) is 0 Å². The van der Waals surface area contributed by atoms with Gasteiger partial charge >= 0.3 is 0 Å². The van der Waals surface area contributed by atoms with Crippen LogP contribution < -0.4 is 5.32 Å². The molecule has 3 heterocycles. The van der Waals surface area contributed by atoms with Crippen LogP contribution in [0.4, 0.5) is 0 Å². The van der Waals surface area contributed by atoms with Crippen molar-refractivity contribution in [1.82, 2.24) is 20.2 Å². The van der Waals surface area contributed by atoms with E-state index in [-0.39, 0.29) is 0 Å². The molecule has 1 N–H and O–H groups in total. The summed E-state index contributed by atoms with van der Waals surface area (Å²) in [6.07, 6.45) is 5.67. The normalized spacial score (nSPS) is 18.8. The Balaban J connectivity index is 1.68. The Bertz CT molecular complexity index is 837. The number of aromatic nitrogens is 2. The van der Waals surface area contributed by atoms with Crippen LogP contribution in [0.25, 0.3) is 10.9 Å². The van der Waals surface area contributed by atoms with Gasteiger partial charge in [0.15, 0.2) is 0 Å². The predicted molar refractivity (Wildman–Crippen MR) is 99.7 cm³/mol. The monoisotopic (exact) mass is 382 g/mol. The number of benzene rings is 1. The summed E-state index contributed by atoms with van der Waals surface area (Å²) >= 11 is 3.64. The van der Waals surface area contributed by atoms with E-state index in [1.165, 1.54) is 16.5 Å². The Morgan fingerprint density at radius 1 is 1.21 bits per heavy atom. The lowest BCUT2D eigenvalue weighted by Gasteiger charge is -2.36. The molecule has 0 aliphatic carbocycles. The van der Waals surface area contributed by atoms with Crippen LogP contribution in [0.3, 0.4) is 0 Å². The summed E-state index contributed by atoms with van der Waals surface area (Å²) in [5, 5.41) is 4.68. The number of pyridine rings is 2. The largest absolute Gasteiger partial charge is 0.314 e. The molecule has 0 bridgehead atoms. The Kier molecular flexibility index (Phi) is 4.56. The van der Waals surface area contributed by atoms with Crippen LogP contribution in [0.2, 0.25) is 0 Å². The fourth-order valence-corrected chi connectivity index (χ4v) is 3.93. The highest BCUT2D eigenvalue weighted by Crippen LogP contribution is 2.28. The van der Waals surface area contributed by atoms with Crippen molar-refractivity contribution in [3.63, 3.8) is 0 Å². The van der Waals surface area contributed by atoms with Crippen LogP contribution in [0.15, 0.2) is 59.5 Å². The number of fused-ring (bicyclic) bond motifs is 1. The minimum absolute atomic E-state index is 0.338. The zero-order chi connectivity index (χ0) is 16.4. The van der Waals surface area contributed by atoms with Gasteiger partial charge in [0.25, 0.3) is 0 Å². The second-order valence-corrected chi connectivity index (χ2v) is 7.03. The SMILES string of the molecule is Brc1cc(CN2CCNCC2c2cccnc2)c2ncccc2c1. The smallest absolute Gasteiger partial charge is 0.0747 e. The predicted octanol–water partition coefficient (Wildman–Crippen LogP) is 3.54. The highest BCUT2D eigenvalue weighted by atomic mass is 79.9. The fourth-order valence-electron chi connectivity index (χ4n) is 3.40. The van der Waals surface area contributed by atoms with Crippen molar-refractivity contribution in [2.45, 2.75) is 12.6 Å². The van der Waals surface area contributed by atoms with Crippen molar-refractivity contribution in [1.29, 1.82) is 0 Å². The first kappa shape index (κ1) is 15.7. The summed E-state index contributed by atoms with van der Waals surface area (Å²) in [4.78, 5) is 11.4. The molecular formula is C19H19BrN4. The van der Waals surface area contributed by atoms with E-state index in [0.717, 1.165) is 36.2 Å². The molecule has 1 atom stereocenters. The van der Waals surface area contributed by atoms with Gasteiger partial charge in [0, 0.05) is 60.7 Å². The van der Waals surface area contributed by atoms with Gasteiger partial charge in [0.05, 0.1) is 5.52 Å². The molecule has 1 fully saturated rings. The van der Waals surface area contributed by atoms with E-state index in [0.29, 0.717) is 6.04 Å². The number of halogens is 1. The molecular weight excluding hydrogens is 364 g/mol. The topological polar surface area (TPSA) is 41.0 Å². The average Bonchev–Trinajstić information content (AvgIpc) is 2.63. The summed E-state index contributed by atoms with van der Waals surface area (Å²) in [5.41, 5.74) is 3.61. The highest BCUT2D eigenvalue weighted by Gasteiger charge is 2.24. The molecule has 1 saturated heterocycles. The molecule has 122 valence electrons. The highest BCUT2D eigenvalue weighted by molar-refractivity contribution is 9.10. The lowest BCUT2D eigenvalue weighted by Crippen LogP contribution is -2.45. The van der Waals surface area contributed by atoms with E-state index in [9.17, 15) is 0 Å². The zero-order valence-electron chi connectivity index (χ0n) is 13.3. The molecule has 0 amide bonds. The van der Waals surface area contributed by atoms with Gasteiger partial charge in [0.2, 0.25) is 0 Å². The van der Waals surface area contributed by atoms with Gasteiger partial charge in [-0.25, -0.2) is 0 Å². The molecule has 4 rings (SSSR count). The summed E-state index contributed by atoms with van der Waals surface area (Å²) in [6.45, 7) is 3.86. The minimum Gasteiger partial charge on any atom is -0.314 e. The lowest BCUT2D eigenvalue weighted by atomic mass is 10.0. The summed E-state index contributed by atoms with van der Waals surface area (Å²) < 4.78 is 1.10. The summed E-state index contributed by atoms with van der Waals surface area (Å²) in [5.74, 6) is 0. The first-order chi connectivity index (χ1) is 11.8. The van der Waals surface area contributed by atoms with Gasteiger partial charge in [0.1, 0.15) is 0 Å². The molecule has 4 nitrogen and oxygen atoms in total. The van der Waals surface area contributed by atoms with Gasteiger partial charge in [-0.15, -0.1) is 0 Å². The van der Waals surface area contributed by atoms with Crippen LogP contribution in [0.1, 0.15) is 17.2 Å². The molecule has 1 unspecified atom stereocenters. The van der Waals surface area contributed by atoms with Crippen LogP contribution >= 0.6 is 15.9 Å². The van der Waals surface area contributed by atoms with E-state index in [1.807, 2.05) is 30.7 Å². The molecule has 2 aromatic heterocycles. The quantitative estimate of drug-likeness (QED) is 0.751. The third-order valence-corrected chi connectivity index (χ3v) is 5.00. The molecule has 0 saturated carbocycles. The van der Waals surface area contributed by atoms with Gasteiger partial charge in [-0.3, -0.25) is 14.9 Å². The molecule has 3 aromatic rings. The van der Waals surface area contributed by atoms with Crippen LogP contribution in [-0.4, -0.2) is 34.5 Å². The number of nitrogens with one attached hydrogen (secondary N) is 1. The average molecular weight is 383 g/mol. The van der Waals surface area contributed by atoms with Crippen molar-refractivity contribution in [2.75, 3.05) is 19.6 Å². The fraction of sp³-hybridized carbons (Fsp3) is 0.263. The Morgan fingerprint density at radius 2 is 2.12 bits per heavy atom. The molecule has 1 aliphatic heterocycles. The van der Waals surface area contributed by atoms with E-state index in [4.69, 9.17) is 0 Å². The minimum atomic E-state index is 0.338. The lowest BCUT2D eigenvalue weighted by molar-refractivity contribution is 0.154. The number of hydrogen-bond donors (Lipinski definition) is 1. The molecule has 1 aromatic carbocycles. The number of piperazine rings is 1. The van der Waals surface area contributed by atoms with Crippen molar-refractivity contribution >= 4 is 26.8 Å². The second kappa shape index (κ2) is 6.97. The number of rotatable bonds is 3. The van der Waals surface area contributed by atoms with Crippen LogP contribution in [-0.2, 0) is 6.54 Å². The van der Waals surface area contributed by atoms with E-state index < -0.39 is 0 Å². The molecule has 0 spiro atoms. The van der Waals surface area contributed by atoms with E-state index >= 15 is 0 Å². The van der Waals surface area contributed by atoms with Crippen LogP contribution in [0, 0.1) is 0 Å². The summed E-state index contributed by atoms with van der Waals surface area (Å²) in [7, 11) is 0. The van der Waals surface area contributed by atoms with Crippen molar-refractivity contribution in [3.05, 3.63) is 70.6 Å². The van der Waals surface area contributed by atoms with Crippen LogP contribution in [0.5, 0.6) is 0 Å². The van der Waals surface area contributed by atoms with Crippen molar-refractivity contribution in [2.24, 2.45) is 0 Å². The molecule has 5 heteroatoms. The van der Waals surface area contributed by atoms with Gasteiger partial charge < -0.3 is 5.32 Å². The van der Waals surface area contributed by atoms with E-state index in [2.05, 4.69) is 60.4 Å². The van der Waals surface area contributed by atoms with Gasteiger partial charge in [-0.2, -0.15) is 0 Å². The molecule has 0 radical (unpaired) electrons. The maximum absolute atomic E-state index is 4.61. The molecule has 24 heavy (non-hydrogen) atoms.